The molecule has 0 saturated heterocycles. The summed E-state index contributed by atoms with van der Waals surface area (Å²) >= 11 is 0. The Kier molecular flexibility index (Phi) is 9.60. The van der Waals surface area contributed by atoms with Crippen molar-refractivity contribution in [2.24, 2.45) is 10.9 Å². The number of guanidine groups is 1. The Hall–Kier alpha value is -1.77. The van der Waals surface area contributed by atoms with Gasteiger partial charge in [-0.25, -0.2) is 4.99 Å². The third kappa shape index (κ3) is 7.69. The Morgan fingerprint density at radius 3 is 2.82 bits per heavy atom. The zero-order valence-electron chi connectivity index (χ0n) is 16.9. The molecule has 1 aliphatic carbocycles. The number of para-hydroxylation sites is 1. The molecule has 1 fully saturated rings. The van der Waals surface area contributed by atoms with Gasteiger partial charge in [-0.1, -0.05) is 18.2 Å². The highest BCUT2D eigenvalue weighted by atomic mass is 127. The van der Waals surface area contributed by atoms with Gasteiger partial charge in [0.1, 0.15) is 5.75 Å². The quantitative estimate of drug-likeness (QED) is 0.227. The number of aliphatic imine (C=N–C) groups is 1. The van der Waals surface area contributed by atoms with E-state index in [1.54, 1.807) is 0 Å². The van der Waals surface area contributed by atoms with Crippen molar-refractivity contribution in [2.45, 2.75) is 46.2 Å². The predicted octanol–water partition coefficient (Wildman–Crippen LogP) is 3.74. The van der Waals surface area contributed by atoms with E-state index in [0.29, 0.717) is 6.54 Å². The van der Waals surface area contributed by atoms with E-state index in [-0.39, 0.29) is 24.0 Å². The second-order valence-corrected chi connectivity index (χ2v) is 7.12. The van der Waals surface area contributed by atoms with Gasteiger partial charge in [-0.3, -0.25) is 4.68 Å². The van der Waals surface area contributed by atoms with Crippen LogP contribution in [0.25, 0.3) is 0 Å². The lowest BCUT2D eigenvalue weighted by Gasteiger charge is -2.13. The third-order valence-corrected chi connectivity index (χ3v) is 4.51. The van der Waals surface area contributed by atoms with Gasteiger partial charge >= 0.3 is 0 Å². The molecular weight excluding hydrogens is 465 g/mol. The van der Waals surface area contributed by atoms with Crippen LogP contribution in [0.5, 0.6) is 5.75 Å². The van der Waals surface area contributed by atoms with Gasteiger partial charge < -0.3 is 15.4 Å². The van der Waals surface area contributed by atoms with Crippen LogP contribution in [0.3, 0.4) is 0 Å². The predicted molar refractivity (Wildman–Crippen MR) is 124 cm³/mol. The van der Waals surface area contributed by atoms with Crippen LogP contribution >= 0.6 is 24.0 Å². The van der Waals surface area contributed by atoms with Gasteiger partial charge in [-0.2, -0.15) is 5.10 Å². The van der Waals surface area contributed by atoms with Crippen molar-refractivity contribution in [1.82, 2.24) is 20.4 Å². The SMILES string of the molecule is CCNC(=NCc1ccccc1OCC1CC1)NCCCn1cc(C)cn1.I. The Bertz CT molecular complexity index is 742. The molecule has 0 unspecified atom stereocenters. The molecule has 0 atom stereocenters. The molecule has 0 radical (unpaired) electrons. The summed E-state index contributed by atoms with van der Waals surface area (Å²) in [5.74, 6) is 2.54. The molecule has 3 rings (SSSR count). The molecule has 7 heteroatoms. The van der Waals surface area contributed by atoms with Gasteiger partial charge in [0.15, 0.2) is 5.96 Å². The van der Waals surface area contributed by atoms with Crippen LogP contribution < -0.4 is 15.4 Å². The van der Waals surface area contributed by atoms with Crippen LogP contribution in [0.15, 0.2) is 41.7 Å². The summed E-state index contributed by atoms with van der Waals surface area (Å²) in [6.07, 6.45) is 7.55. The van der Waals surface area contributed by atoms with E-state index in [9.17, 15) is 0 Å². The van der Waals surface area contributed by atoms with E-state index in [0.717, 1.165) is 55.9 Å². The molecule has 1 saturated carbocycles. The number of aryl methyl sites for hydroxylation is 2. The molecule has 0 aliphatic heterocycles. The van der Waals surface area contributed by atoms with E-state index < -0.39 is 0 Å². The summed E-state index contributed by atoms with van der Waals surface area (Å²) in [4.78, 5) is 4.73. The highest BCUT2D eigenvalue weighted by molar-refractivity contribution is 14.0. The fourth-order valence-electron chi connectivity index (χ4n) is 2.81. The van der Waals surface area contributed by atoms with E-state index in [1.165, 1.54) is 18.4 Å². The molecule has 1 aliphatic rings. The van der Waals surface area contributed by atoms with Gasteiger partial charge in [0, 0.05) is 31.4 Å². The van der Waals surface area contributed by atoms with Gasteiger partial charge in [0.2, 0.25) is 0 Å². The first kappa shape index (κ1) is 22.5. The van der Waals surface area contributed by atoms with Crippen LogP contribution in [-0.4, -0.2) is 35.4 Å². The Balaban J connectivity index is 0.00000280. The number of nitrogens with one attached hydrogen (secondary N) is 2. The number of hydrogen-bond acceptors (Lipinski definition) is 3. The van der Waals surface area contributed by atoms with Gasteiger partial charge in [-0.05, 0) is 50.7 Å². The van der Waals surface area contributed by atoms with E-state index in [2.05, 4.69) is 41.8 Å². The minimum absolute atomic E-state index is 0. The summed E-state index contributed by atoms with van der Waals surface area (Å²) in [6.45, 7) is 8.16. The average molecular weight is 497 g/mol. The maximum Gasteiger partial charge on any atom is 0.191 e. The lowest BCUT2D eigenvalue weighted by atomic mass is 10.2. The van der Waals surface area contributed by atoms with Crippen LogP contribution in [0, 0.1) is 12.8 Å². The lowest BCUT2D eigenvalue weighted by Crippen LogP contribution is -2.38. The highest BCUT2D eigenvalue weighted by Gasteiger charge is 2.22. The van der Waals surface area contributed by atoms with E-state index in [1.807, 2.05) is 29.1 Å². The van der Waals surface area contributed by atoms with Crippen molar-refractivity contribution in [1.29, 1.82) is 0 Å². The number of nitrogens with zero attached hydrogens (tertiary/aromatic N) is 3. The number of ether oxygens (including phenoxy) is 1. The number of benzene rings is 1. The first-order chi connectivity index (χ1) is 13.2. The molecular formula is C21H32IN5O. The van der Waals surface area contributed by atoms with Gasteiger partial charge in [0.25, 0.3) is 0 Å². The summed E-state index contributed by atoms with van der Waals surface area (Å²) in [5, 5.41) is 11.0. The number of hydrogen-bond donors (Lipinski definition) is 2. The van der Waals surface area contributed by atoms with E-state index in [4.69, 9.17) is 9.73 Å². The number of aromatic nitrogens is 2. The van der Waals surface area contributed by atoms with Crippen molar-refractivity contribution < 1.29 is 4.74 Å². The molecule has 1 heterocycles. The molecule has 28 heavy (non-hydrogen) atoms. The monoisotopic (exact) mass is 497 g/mol. The second-order valence-electron chi connectivity index (χ2n) is 7.12. The Morgan fingerprint density at radius 1 is 1.29 bits per heavy atom. The molecule has 1 aromatic heterocycles. The number of halogens is 1. The van der Waals surface area contributed by atoms with E-state index >= 15 is 0 Å². The summed E-state index contributed by atoms with van der Waals surface area (Å²) in [7, 11) is 0. The number of rotatable bonds is 10. The van der Waals surface area contributed by atoms with Gasteiger partial charge in [-0.15, -0.1) is 24.0 Å². The Morgan fingerprint density at radius 2 is 2.11 bits per heavy atom. The standard InChI is InChI=1S/C21H31N5O.HI/c1-3-22-21(23-11-6-12-26-15-17(2)13-25-26)24-14-19-7-4-5-8-20(19)27-16-18-9-10-18;/h4-5,7-8,13,15,18H,3,6,9-12,14,16H2,1-2H3,(H2,22,23,24);1H. The average Bonchev–Trinajstić information content (AvgIpc) is 3.42. The van der Waals surface area contributed by atoms with Crippen LogP contribution in [0.4, 0.5) is 0 Å². The van der Waals surface area contributed by atoms with Crippen molar-refractivity contribution in [3.8, 4) is 5.75 Å². The molecule has 6 nitrogen and oxygen atoms in total. The largest absolute Gasteiger partial charge is 0.493 e. The molecule has 0 amide bonds. The van der Waals surface area contributed by atoms with Crippen molar-refractivity contribution in [3.63, 3.8) is 0 Å². The summed E-state index contributed by atoms with van der Waals surface area (Å²) in [5.41, 5.74) is 2.32. The van der Waals surface area contributed by atoms with Crippen LogP contribution in [-0.2, 0) is 13.1 Å². The zero-order chi connectivity index (χ0) is 18.9. The maximum absolute atomic E-state index is 5.98. The summed E-state index contributed by atoms with van der Waals surface area (Å²) < 4.78 is 7.96. The minimum Gasteiger partial charge on any atom is -0.493 e. The molecule has 2 N–H and O–H groups in total. The second kappa shape index (κ2) is 11.9. The zero-order valence-corrected chi connectivity index (χ0v) is 19.2. The molecule has 2 aromatic rings. The fraction of sp³-hybridized carbons (Fsp3) is 0.524. The highest BCUT2D eigenvalue weighted by Crippen LogP contribution is 2.30. The van der Waals surface area contributed by atoms with Crippen LogP contribution in [0.1, 0.15) is 37.3 Å². The normalized spacial score (nSPS) is 13.7. The van der Waals surface area contributed by atoms with Gasteiger partial charge in [0.05, 0.1) is 19.3 Å². The molecule has 0 bridgehead atoms. The van der Waals surface area contributed by atoms with Crippen molar-refractivity contribution in [3.05, 3.63) is 47.8 Å². The topological polar surface area (TPSA) is 63.5 Å². The summed E-state index contributed by atoms with van der Waals surface area (Å²) in [6, 6.07) is 8.20. The minimum atomic E-state index is 0. The smallest absolute Gasteiger partial charge is 0.191 e. The maximum atomic E-state index is 5.98. The first-order valence-electron chi connectivity index (χ1n) is 9.96. The molecule has 1 aromatic carbocycles. The van der Waals surface area contributed by atoms with Crippen LogP contribution in [0.2, 0.25) is 0 Å². The molecule has 154 valence electrons. The third-order valence-electron chi connectivity index (χ3n) is 4.51. The first-order valence-corrected chi connectivity index (χ1v) is 9.96. The van der Waals surface area contributed by atoms with Crippen molar-refractivity contribution >= 4 is 29.9 Å². The molecule has 0 spiro atoms. The fourth-order valence-corrected chi connectivity index (χ4v) is 2.81. The van der Waals surface area contributed by atoms with Crippen molar-refractivity contribution in [2.75, 3.05) is 19.7 Å². The Labute approximate surface area is 185 Å². The lowest BCUT2D eigenvalue weighted by molar-refractivity contribution is 0.297.